The molecule has 3 aromatic carbocycles. The summed E-state index contributed by atoms with van der Waals surface area (Å²) in [5.41, 5.74) is 1.88. The fourth-order valence-corrected chi connectivity index (χ4v) is 7.42. The Hall–Kier alpha value is -4.41. The minimum atomic E-state index is -1.62. The first-order valence-electron chi connectivity index (χ1n) is 16.2. The van der Waals surface area contributed by atoms with E-state index in [9.17, 15) is 19.5 Å². The van der Waals surface area contributed by atoms with Gasteiger partial charge < -0.3 is 19.3 Å². The van der Waals surface area contributed by atoms with Crippen LogP contribution in [0.15, 0.2) is 89.1 Å². The zero-order valence-electron chi connectivity index (χ0n) is 29.3. The van der Waals surface area contributed by atoms with E-state index in [0.717, 1.165) is 22.3 Å². The molecule has 0 saturated carbocycles. The Labute approximate surface area is 292 Å². The number of rotatable bonds is 9. The maximum Gasteiger partial charge on any atom is 0.356 e. The standard InChI is InChI=1S/C39H44N2O7S/c1-24(42)47-22-28-23-49-36-39(46-8,40-21-25-19-29(37(2,3)4)32(43)30(20-25)38(5,6)7)35(45)41(36)31(28)34(44)48-33(26-15-11-9-12-16-26)27-17-13-10-14-18-27/h9-21,33,36,43H,22-23H2,1-8H3/t36-,39+/m1/s1. The number of thioether (sulfide) groups is 1. The first-order chi connectivity index (χ1) is 23.1. The summed E-state index contributed by atoms with van der Waals surface area (Å²) in [4.78, 5) is 46.3. The van der Waals surface area contributed by atoms with Crippen LogP contribution < -0.4 is 0 Å². The Morgan fingerprint density at radius 1 is 0.980 bits per heavy atom. The largest absolute Gasteiger partial charge is 0.507 e. The van der Waals surface area contributed by atoms with Crippen LogP contribution in [0, 0.1) is 0 Å². The van der Waals surface area contributed by atoms with Gasteiger partial charge in [-0.25, -0.2) is 9.79 Å². The Bertz CT molecular complexity index is 1720. The quantitative estimate of drug-likeness (QED) is 0.149. The second-order valence-electron chi connectivity index (χ2n) is 14.3. The molecule has 9 nitrogen and oxygen atoms in total. The van der Waals surface area contributed by atoms with Gasteiger partial charge in [-0.05, 0) is 39.7 Å². The van der Waals surface area contributed by atoms with Crippen molar-refractivity contribution in [1.29, 1.82) is 0 Å². The Balaban J connectivity index is 1.52. The Morgan fingerprint density at radius 3 is 1.98 bits per heavy atom. The lowest BCUT2D eigenvalue weighted by Crippen LogP contribution is -2.73. The molecule has 0 unspecified atom stereocenters. The molecule has 0 aromatic heterocycles. The summed E-state index contributed by atoms with van der Waals surface area (Å²) < 4.78 is 17.4. The maximum absolute atomic E-state index is 14.2. The third kappa shape index (κ3) is 7.16. The summed E-state index contributed by atoms with van der Waals surface area (Å²) in [5.74, 6) is -1.27. The number of methoxy groups -OCH3 is 1. The van der Waals surface area contributed by atoms with Crippen molar-refractivity contribution in [2.24, 2.45) is 4.99 Å². The molecular weight excluding hydrogens is 641 g/mol. The third-order valence-electron chi connectivity index (χ3n) is 8.62. The lowest BCUT2D eigenvalue weighted by atomic mass is 9.78. The van der Waals surface area contributed by atoms with Crippen molar-refractivity contribution in [3.05, 3.63) is 112 Å². The lowest BCUT2D eigenvalue weighted by Gasteiger charge is -2.54. The summed E-state index contributed by atoms with van der Waals surface area (Å²) in [6.07, 6.45) is 0.843. The number of esters is 2. The van der Waals surface area contributed by atoms with E-state index in [4.69, 9.17) is 19.2 Å². The summed E-state index contributed by atoms with van der Waals surface area (Å²) in [6.45, 7) is 13.3. The smallest absolute Gasteiger partial charge is 0.356 e. The second-order valence-corrected chi connectivity index (χ2v) is 15.4. The minimum Gasteiger partial charge on any atom is -0.507 e. The molecule has 2 aliphatic rings. The van der Waals surface area contributed by atoms with Gasteiger partial charge in [0.05, 0.1) is 0 Å². The number of aliphatic imine (C=N–C) groups is 1. The molecule has 2 atom stereocenters. The summed E-state index contributed by atoms with van der Waals surface area (Å²) in [7, 11) is 1.42. The van der Waals surface area contributed by atoms with Crippen LogP contribution in [0.3, 0.4) is 0 Å². The predicted octanol–water partition coefficient (Wildman–Crippen LogP) is 6.81. The number of hydrogen-bond acceptors (Lipinski definition) is 9. The van der Waals surface area contributed by atoms with Gasteiger partial charge in [-0.15, -0.1) is 11.8 Å². The zero-order valence-corrected chi connectivity index (χ0v) is 30.1. The fourth-order valence-electron chi connectivity index (χ4n) is 6.01. The molecule has 1 amide bonds. The van der Waals surface area contributed by atoms with Crippen molar-refractivity contribution in [2.45, 2.75) is 76.5 Å². The number of hydrogen-bond donors (Lipinski definition) is 1. The van der Waals surface area contributed by atoms with Gasteiger partial charge in [-0.2, -0.15) is 0 Å². The van der Waals surface area contributed by atoms with Gasteiger partial charge >= 0.3 is 11.9 Å². The number of aromatic hydroxyl groups is 1. The van der Waals surface area contributed by atoms with Crippen LogP contribution >= 0.6 is 11.8 Å². The number of nitrogens with zero attached hydrogens (tertiary/aromatic N) is 2. The number of benzene rings is 3. The number of carbonyl (C=O) groups is 3. The number of phenolic OH excluding ortho intramolecular Hbond substituents is 1. The number of phenols is 1. The SMILES string of the molecule is CO[C@@]1(N=Cc2cc(C(C)(C)C)c(O)c(C(C)(C)C)c2)C(=O)N2C(C(=O)OC(c3ccccc3)c3ccccc3)=C(COC(C)=O)CS[C@@H]21. The molecular formula is C39H44N2O7S. The molecule has 2 aliphatic heterocycles. The van der Waals surface area contributed by atoms with E-state index >= 15 is 0 Å². The highest BCUT2D eigenvalue weighted by Gasteiger charge is 2.66. The van der Waals surface area contributed by atoms with Crippen LogP contribution in [-0.2, 0) is 39.4 Å². The van der Waals surface area contributed by atoms with Gasteiger partial charge in [-0.1, -0.05) is 102 Å². The van der Waals surface area contributed by atoms with E-state index in [1.807, 2.05) is 114 Å². The minimum absolute atomic E-state index is 0.0180. The zero-order chi connectivity index (χ0) is 35.7. The van der Waals surface area contributed by atoms with Gasteiger partial charge in [0, 0.05) is 42.7 Å². The van der Waals surface area contributed by atoms with Gasteiger partial charge in [0.15, 0.2) is 6.10 Å². The molecule has 0 radical (unpaired) electrons. The van der Waals surface area contributed by atoms with Crippen molar-refractivity contribution in [3.63, 3.8) is 0 Å². The molecule has 1 saturated heterocycles. The molecule has 10 heteroatoms. The van der Waals surface area contributed by atoms with E-state index < -0.39 is 35.0 Å². The monoisotopic (exact) mass is 684 g/mol. The normalized spacial score (nSPS) is 19.6. The first-order valence-corrected chi connectivity index (χ1v) is 17.2. The molecule has 0 bridgehead atoms. The number of carbonyl (C=O) groups excluding carboxylic acids is 3. The van der Waals surface area contributed by atoms with Crippen molar-refractivity contribution in [3.8, 4) is 5.75 Å². The van der Waals surface area contributed by atoms with E-state index in [2.05, 4.69) is 0 Å². The van der Waals surface area contributed by atoms with Crippen molar-refractivity contribution in [1.82, 2.24) is 4.90 Å². The number of β-lactam (4-membered cyclic amide) rings is 1. The molecule has 2 heterocycles. The average molecular weight is 685 g/mol. The van der Waals surface area contributed by atoms with E-state index in [0.29, 0.717) is 11.1 Å². The van der Waals surface area contributed by atoms with Gasteiger partial charge in [0.2, 0.25) is 0 Å². The summed E-state index contributed by atoms with van der Waals surface area (Å²) in [5, 5.41) is 10.5. The van der Waals surface area contributed by atoms with Crippen LogP contribution in [0.5, 0.6) is 5.75 Å². The number of amides is 1. The average Bonchev–Trinajstić information content (AvgIpc) is 3.06. The second kappa shape index (κ2) is 13.8. The molecule has 5 rings (SSSR count). The van der Waals surface area contributed by atoms with Gasteiger partial charge in [0.1, 0.15) is 23.4 Å². The predicted molar refractivity (Wildman–Crippen MR) is 190 cm³/mol. The van der Waals surface area contributed by atoms with E-state index in [1.54, 1.807) is 6.21 Å². The highest BCUT2D eigenvalue weighted by atomic mass is 32.2. The number of ether oxygens (including phenoxy) is 3. The van der Waals surface area contributed by atoms with Gasteiger partial charge in [-0.3, -0.25) is 14.5 Å². The third-order valence-corrected chi connectivity index (χ3v) is 9.98. The van der Waals surface area contributed by atoms with E-state index in [-0.39, 0.29) is 34.6 Å². The van der Waals surface area contributed by atoms with Crippen LogP contribution in [0.1, 0.15) is 82.4 Å². The molecule has 1 fully saturated rings. The molecule has 3 aromatic rings. The van der Waals surface area contributed by atoms with Crippen LogP contribution in [-0.4, -0.2) is 64.6 Å². The van der Waals surface area contributed by atoms with Crippen molar-refractivity contribution in [2.75, 3.05) is 19.5 Å². The van der Waals surface area contributed by atoms with Crippen LogP contribution in [0.2, 0.25) is 0 Å². The topological polar surface area (TPSA) is 115 Å². The summed E-state index contributed by atoms with van der Waals surface area (Å²) in [6, 6.07) is 22.5. The molecule has 258 valence electrons. The van der Waals surface area contributed by atoms with Gasteiger partial charge in [0.25, 0.3) is 11.6 Å². The van der Waals surface area contributed by atoms with Crippen LogP contribution in [0.4, 0.5) is 0 Å². The molecule has 0 spiro atoms. The number of fused-ring (bicyclic) bond motifs is 1. The molecule has 49 heavy (non-hydrogen) atoms. The van der Waals surface area contributed by atoms with Crippen molar-refractivity contribution < 1.29 is 33.7 Å². The fraction of sp³-hybridized carbons (Fsp3) is 0.385. The first kappa shape index (κ1) is 35.9. The Morgan fingerprint density at radius 2 is 1.51 bits per heavy atom. The van der Waals surface area contributed by atoms with Crippen LogP contribution in [0.25, 0.3) is 0 Å². The summed E-state index contributed by atoms with van der Waals surface area (Å²) >= 11 is 1.36. The lowest BCUT2D eigenvalue weighted by molar-refractivity contribution is -0.183. The molecule has 0 aliphatic carbocycles. The maximum atomic E-state index is 14.2. The van der Waals surface area contributed by atoms with E-state index in [1.165, 1.54) is 30.7 Å². The Kier molecular flexibility index (Phi) is 10.1. The highest BCUT2D eigenvalue weighted by molar-refractivity contribution is 8.00. The highest BCUT2D eigenvalue weighted by Crippen LogP contribution is 2.49. The van der Waals surface area contributed by atoms with Crippen molar-refractivity contribution >= 4 is 35.8 Å². The molecule has 1 N–H and O–H groups in total.